The van der Waals surface area contributed by atoms with Crippen molar-refractivity contribution in [2.24, 2.45) is 0 Å². The Balaban J connectivity index is 2.64. The Labute approximate surface area is 76.8 Å². The van der Waals surface area contributed by atoms with Crippen molar-refractivity contribution in [2.45, 2.75) is 26.7 Å². The molecule has 0 N–H and O–H groups in total. The van der Waals surface area contributed by atoms with Gasteiger partial charge in [0.1, 0.15) is 5.52 Å². The van der Waals surface area contributed by atoms with Gasteiger partial charge in [-0.05, 0) is 13.3 Å². The number of rotatable bonds is 2. The molecule has 0 aliphatic rings. The topological polar surface area (TPSA) is 38.9 Å². The van der Waals surface area contributed by atoms with Crippen molar-refractivity contribution in [2.75, 3.05) is 0 Å². The molecule has 0 aromatic carbocycles. The molecular weight excluding hydrogens is 164 g/mol. The predicted molar refractivity (Wildman–Crippen MR) is 50.5 cm³/mol. The SMILES string of the molecule is CCCc1cnc(C)c2ocnc12. The van der Waals surface area contributed by atoms with Crippen LogP contribution in [0.1, 0.15) is 24.6 Å². The van der Waals surface area contributed by atoms with Crippen molar-refractivity contribution in [3.8, 4) is 0 Å². The smallest absolute Gasteiger partial charge is 0.182 e. The molecule has 0 aliphatic carbocycles. The van der Waals surface area contributed by atoms with Crippen LogP contribution in [0.5, 0.6) is 0 Å². The number of hydrogen-bond donors (Lipinski definition) is 0. The van der Waals surface area contributed by atoms with Gasteiger partial charge in [-0.25, -0.2) is 4.98 Å². The highest BCUT2D eigenvalue weighted by atomic mass is 16.3. The summed E-state index contributed by atoms with van der Waals surface area (Å²) >= 11 is 0. The number of oxazole rings is 1. The monoisotopic (exact) mass is 176 g/mol. The van der Waals surface area contributed by atoms with Crippen LogP contribution in [0, 0.1) is 6.92 Å². The lowest BCUT2D eigenvalue weighted by atomic mass is 10.1. The third-order valence-corrected chi connectivity index (χ3v) is 2.13. The van der Waals surface area contributed by atoms with Crippen LogP contribution in [0.15, 0.2) is 17.0 Å². The van der Waals surface area contributed by atoms with Crippen molar-refractivity contribution in [3.05, 3.63) is 23.8 Å². The number of aryl methyl sites for hydroxylation is 2. The van der Waals surface area contributed by atoms with E-state index in [1.54, 1.807) is 0 Å². The van der Waals surface area contributed by atoms with E-state index in [1.165, 1.54) is 12.0 Å². The van der Waals surface area contributed by atoms with Gasteiger partial charge in [0, 0.05) is 11.8 Å². The van der Waals surface area contributed by atoms with Crippen LogP contribution < -0.4 is 0 Å². The summed E-state index contributed by atoms with van der Waals surface area (Å²) in [5.41, 5.74) is 3.88. The first-order valence-electron chi connectivity index (χ1n) is 4.50. The number of fused-ring (bicyclic) bond motifs is 1. The minimum absolute atomic E-state index is 0.825. The molecular formula is C10H12N2O. The van der Waals surface area contributed by atoms with Gasteiger partial charge in [-0.3, -0.25) is 4.98 Å². The number of hydrogen-bond acceptors (Lipinski definition) is 3. The number of aromatic nitrogens is 2. The van der Waals surface area contributed by atoms with Crippen molar-refractivity contribution in [1.29, 1.82) is 0 Å². The quantitative estimate of drug-likeness (QED) is 0.705. The molecule has 2 aromatic heterocycles. The zero-order chi connectivity index (χ0) is 9.26. The van der Waals surface area contributed by atoms with Crippen LogP contribution in [0.2, 0.25) is 0 Å². The summed E-state index contributed by atoms with van der Waals surface area (Å²) in [7, 11) is 0. The van der Waals surface area contributed by atoms with Gasteiger partial charge in [-0.2, -0.15) is 0 Å². The van der Waals surface area contributed by atoms with E-state index >= 15 is 0 Å². The molecule has 0 aliphatic heterocycles. The second-order valence-corrected chi connectivity index (χ2v) is 3.15. The average molecular weight is 176 g/mol. The first-order chi connectivity index (χ1) is 6.33. The molecule has 0 fully saturated rings. The second kappa shape index (κ2) is 3.17. The lowest BCUT2D eigenvalue weighted by molar-refractivity contribution is 0.597. The zero-order valence-electron chi connectivity index (χ0n) is 7.87. The molecule has 0 saturated heterocycles. The second-order valence-electron chi connectivity index (χ2n) is 3.15. The van der Waals surface area contributed by atoms with E-state index in [2.05, 4.69) is 16.9 Å². The zero-order valence-corrected chi connectivity index (χ0v) is 7.87. The average Bonchev–Trinajstić information content (AvgIpc) is 2.59. The lowest BCUT2D eigenvalue weighted by Gasteiger charge is -1.99. The third kappa shape index (κ3) is 1.30. The van der Waals surface area contributed by atoms with Crippen molar-refractivity contribution >= 4 is 11.1 Å². The van der Waals surface area contributed by atoms with E-state index in [0.717, 1.165) is 29.6 Å². The van der Waals surface area contributed by atoms with Gasteiger partial charge < -0.3 is 4.42 Å². The Morgan fingerprint density at radius 2 is 2.23 bits per heavy atom. The standard InChI is InChI=1S/C10H12N2O/c1-3-4-8-5-11-7(2)10-9(8)12-6-13-10/h5-6H,3-4H2,1-2H3. The van der Waals surface area contributed by atoms with Crippen LogP contribution in [-0.2, 0) is 6.42 Å². The number of pyridine rings is 1. The first kappa shape index (κ1) is 8.23. The minimum Gasteiger partial charge on any atom is -0.442 e. The van der Waals surface area contributed by atoms with E-state index in [1.807, 2.05) is 13.1 Å². The van der Waals surface area contributed by atoms with Gasteiger partial charge in [0.25, 0.3) is 0 Å². The van der Waals surface area contributed by atoms with Gasteiger partial charge in [0.2, 0.25) is 0 Å². The van der Waals surface area contributed by atoms with E-state index in [9.17, 15) is 0 Å². The molecule has 0 atom stereocenters. The largest absolute Gasteiger partial charge is 0.442 e. The molecule has 0 saturated carbocycles. The highest BCUT2D eigenvalue weighted by Crippen LogP contribution is 2.19. The Hall–Kier alpha value is -1.38. The maximum Gasteiger partial charge on any atom is 0.182 e. The molecule has 3 heteroatoms. The minimum atomic E-state index is 0.825. The first-order valence-corrected chi connectivity index (χ1v) is 4.50. The van der Waals surface area contributed by atoms with Crippen LogP contribution in [0.3, 0.4) is 0 Å². The Morgan fingerprint density at radius 1 is 1.38 bits per heavy atom. The summed E-state index contributed by atoms with van der Waals surface area (Å²) in [6, 6.07) is 0. The summed E-state index contributed by atoms with van der Waals surface area (Å²) in [5.74, 6) is 0. The highest BCUT2D eigenvalue weighted by Gasteiger charge is 2.07. The number of nitrogens with zero attached hydrogens (tertiary/aromatic N) is 2. The molecule has 0 amide bonds. The fourth-order valence-electron chi connectivity index (χ4n) is 1.48. The van der Waals surface area contributed by atoms with Crippen molar-refractivity contribution < 1.29 is 4.42 Å². The lowest BCUT2D eigenvalue weighted by Crippen LogP contribution is -1.90. The van der Waals surface area contributed by atoms with E-state index in [-0.39, 0.29) is 0 Å². The molecule has 0 radical (unpaired) electrons. The van der Waals surface area contributed by atoms with Gasteiger partial charge in [-0.15, -0.1) is 0 Å². The molecule has 0 spiro atoms. The molecule has 2 aromatic rings. The van der Waals surface area contributed by atoms with E-state index < -0.39 is 0 Å². The Bertz CT molecular complexity index is 420. The highest BCUT2D eigenvalue weighted by molar-refractivity contribution is 5.77. The summed E-state index contributed by atoms with van der Waals surface area (Å²) < 4.78 is 5.26. The van der Waals surface area contributed by atoms with Crippen LogP contribution >= 0.6 is 0 Å². The van der Waals surface area contributed by atoms with Crippen molar-refractivity contribution in [1.82, 2.24) is 9.97 Å². The van der Waals surface area contributed by atoms with Gasteiger partial charge in [0.15, 0.2) is 12.0 Å². The molecule has 2 heterocycles. The Morgan fingerprint density at radius 3 is 3.00 bits per heavy atom. The molecule has 2 rings (SSSR count). The molecule has 13 heavy (non-hydrogen) atoms. The summed E-state index contributed by atoms with van der Waals surface area (Å²) in [6.07, 6.45) is 5.49. The molecule has 0 bridgehead atoms. The molecule has 68 valence electrons. The normalized spacial score (nSPS) is 10.9. The molecule has 3 nitrogen and oxygen atoms in total. The predicted octanol–water partition coefficient (Wildman–Crippen LogP) is 2.48. The van der Waals surface area contributed by atoms with Crippen LogP contribution in [0.25, 0.3) is 11.1 Å². The van der Waals surface area contributed by atoms with Crippen LogP contribution in [-0.4, -0.2) is 9.97 Å². The molecule has 0 unspecified atom stereocenters. The summed E-state index contributed by atoms with van der Waals surface area (Å²) in [4.78, 5) is 8.46. The van der Waals surface area contributed by atoms with E-state index in [4.69, 9.17) is 4.42 Å². The fourth-order valence-corrected chi connectivity index (χ4v) is 1.48. The summed E-state index contributed by atoms with van der Waals surface area (Å²) in [6.45, 7) is 4.08. The van der Waals surface area contributed by atoms with Crippen LogP contribution in [0.4, 0.5) is 0 Å². The van der Waals surface area contributed by atoms with Gasteiger partial charge >= 0.3 is 0 Å². The Kier molecular flexibility index (Phi) is 2.00. The van der Waals surface area contributed by atoms with E-state index in [0.29, 0.717) is 0 Å². The maximum absolute atomic E-state index is 5.26. The fraction of sp³-hybridized carbons (Fsp3) is 0.400. The maximum atomic E-state index is 5.26. The summed E-state index contributed by atoms with van der Waals surface area (Å²) in [5, 5.41) is 0. The van der Waals surface area contributed by atoms with Gasteiger partial charge in [-0.1, -0.05) is 13.3 Å². The third-order valence-electron chi connectivity index (χ3n) is 2.13. The van der Waals surface area contributed by atoms with Crippen molar-refractivity contribution in [3.63, 3.8) is 0 Å². The van der Waals surface area contributed by atoms with Gasteiger partial charge in [0.05, 0.1) is 5.69 Å².